The number of amides is 1. The highest BCUT2D eigenvalue weighted by Crippen LogP contribution is 2.34. The third-order valence-corrected chi connectivity index (χ3v) is 5.52. The average molecular weight is 437 g/mol. The van der Waals surface area contributed by atoms with Gasteiger partial charge in [0.25, 0.3) is 0 Å². The second-order valence-electron chi connectivity index (χ2n) is 6.19. The Hall–Kier alpha value is -2.22. The van der Waals surface area contributed by atoms with Gasteiger partial charge in [0, 0.05) is 19.0 Å². The summed E-state index contributed by atoms with van der Waals surface area (Å²) in [6.07, 6.45) is 5.57. The van der Waals surface area contributed by atoms with Crippen molar-refractivity contribution >= 4 is 51.4 Å². The predicted molar refractivity (Wildman–Crippen MR) is 112 cm³/mol. The van der Waals surface area contributed by atoms with Crippen LogP contribution in [0.3, 0.4) is 0 Å². The van der Waals surface area contributed by atoms with Crippen LogP contribution in [0, 0.1) is 0 Å². The number of rotatable bonds is 8. The fraction of sp³-hybridized carbons (Fsp3) is 0.263. The number of unbranched alkanes of at least 4 members (excludes halogenated alkanes) is 1. The van der Waals surface area contributed by atoms with E-state index in [9.17, 15) is 9.59 Å². The van der Waals surface area contributed by atoms with Crippen molar-refractivity contribution in [2.24, 2.45) is 0 Å². The highest BCUT2D eigenvalue weighted by atomic mass is 35.5. The third-order valence-electron chi connectivity index (χ3n) is 3.98. The summed E-state index contributed by atoms with van der Waals surface area (Å²) in [7, 11) is 0. The Labute approximate surface area is 176 Å². The Balaban J connectivity index is 1.71. The number of carbonyl (C=O) groups is 2. The molecule has 0 saturated heterocycles. The lowest BCUT2D eigenvalue weighted by molar-refractivity contribution is -0.118. The van der Waals surface area contributed by atoms with E-state index < -0.39 is 0 Å². The fourth-order valence-corrected chi connectivity index (χ4v) is 4.05. The fourth-order valence-electron chi connectivity index (χ4n) is 2.65. The van der Waals surface area contributed by atoms with Gasteiger partial charge in [-0.25, -0.2) is 9.67 Å². The van der Waals surface area contributed by atoms with E-state index in [1.54, 1.807) is 42.2 Å². The van der Waals surface area contributed by atoms with Crippen LogP contribution in [0.2, 0.25) is 10.0 Å². The summed E-state index contributed by atoms with van der Waals surface area (Å²) in [5.41, 5.74) is 1.37. The standard InChI is InChI=1S/C19H18Cl2N4O2S/c1-12(26)5-2-3-8-17(27)24-19-22-11-16(28-19)15-9-10-23-25(15)18-13(20)6-4-7-14(18)21/h4,6-7,9-11H,2-3,5,8H2,1H3,(H,22,24,27). The molecule has 1 N–H and O–H groups in total. The van der Waals surface area contributed by atoms with Crippen LogP contribution in [0.1, 0.15) is 32.6 Å². The molecule has 0 unspecified atom stereocenters. The number of carbonyl (C=O) groups excluding carboxylic acids is 2. The first kappa shape index (κ1) is 20.5. The van der Waals surface area contributed by atoms with Crippen molar-refractivity contribution in [2.45, 2.75) is 32.6 Å². The normalized spacial score (nSPS) is 10.8. The molecule has 146 valence electrons. The smallest absolute Gasteiger partial charge is 0.226 e. The van der Waals surface area contributed by atoms with Crippen LogP contribution < -0.4 is 5.32 Å². The molecule has 2 heterocycles. The van der Waals surface area contributed by atoms with Gasteiger partial charge in [0.2, 0.25) is 5.91 Å². The van der Waals surface area contributed by atoms with Gasteiger partial charge in [0.05, 0.1) is 26.8 Å². The maximum atomic E-state index is 12.0. The molecule has 0 bridgehead atoms. The number of thiazole rings is 1. The zero-order chi connectivity index (χ0) is 20.1. The Kier molecular flexibility index (Phi) is 6.83. The molecule has 2 aromatic heterocycles. The summed E-state index contributed by atoms with van der Waals surface area (Å²) in [5, 5.41) is 8.61. The summed E-state index contributed by atoms with van der Waals surface area (Å²) < 4.78 is 1.66. The van der Waals surface area contributed by atoms with Crippen LogP contribution in [0.25, 0.3) is 16.3 Å². The number of aromatic nitrogens is 3. The van der Waals surface area contributed by atoms with Crippen molar-refractivity contribution < 1.29 is 9.59 Å². The summed E-state index contributed by atoms with van der Waals surface area (Å²) >= 11 is 13.9. The van der Waals surface area contributed by atoms with Crippen molar-refractivity contribution in [2.75, 3.05) is 5.32 Å². The van der Waals surface area contributed by atoms with Crippen LogP contribution in [-0.2, 0) is 9.59 Å². The number of hydrogen-bond acceptors (Lipinski definition) is 5. The Bertz CT molecular complexity index is 979. The van der Waals surface area contributed by atoms with E-state index in [0.29, 0.717) is 46.5 Å². The Morgan fingerprint density at radius 3 is 2.57 bits per heavy atom. The van der Waals surface area contributed by atoms with E-state index in [2.05, 4.69) is 15.4 Å². The maximum Gasteiger partial charge on any atom is 0.226 e. The number of hydrogen-bond donors (Lipinski definition) is 1. The van der Waals surface area contributed by atoms with Crippen molar-refractivity contribution in [3.63, 3.8) is 0 Å². The molecule has 0 saturated carbocycles. The third kappa shape index (κ3) is 4.98. The second-order valence-corrected chi connectivity index (χ2v) is 8.03. The van der Waals surface area contributed by atoms with Gasteiger partial charge >= 0.3 is 0 Å². The zero-order valence-corrected chi connectivity index (χ0v) is 17.4. The minimum atomic E-state index is -0.118. The lowest BCUT2D eigenvalue weighted by Crippen LogP contribution is -2.10. The van der Waals surface area contributed by atoms with Crippen LogP contribution in [-0.4, -0.2) is 26.5 Å². The van der Waals surface area contributed by atoms with Gasteiger partial charge in [0.1, 0.15) is 11.5 Å². The molecule has 0 radical (unpaired) electrons. The number of Topliss-reactive ketones (excluding diaryl/α,β-unsaturated/α-hetero) is 1. The van der Waals surface area contributed by atoms with Gasteiger partial charge in [-0.1, -0.05) is 40.6 Å². The van der Waals surface area contributed by atoms with Crippen molar-refractivity contribution in [3.05, 3.63) is 46.7 Å². The van der Waals surface area contributed by atoms with Gasteiger partial charge in [0.15, 0.2) is 5.13 Å². The van der Waals surface area contributed by atoms with Crippen LogP contribution >= 0.6 is 34.5 Å². The lowest BCUT2D eigenvalue weighted by Gasteiger charge is -2.09. The van der Waals surface area contributed by atoms with Gasteiger partial charge in [-0.2, -0.15) is 5.10 Å². The molecule has 0 aliphatic carbocycles. The first-order valence-corrected chi connectivity index (χ1v) is 10.3. The van der Waals surface area contributed by atoms with Crippen molar-refractivity contribution in [3.8, 4) is 16.3 Å². The van der Waals surface area contributed by atoms with E-state index >= 15 is 0 Å². The van der Waals surface area contributed by atoms with Gasteiger partial charge in [-0.15, -0.1) is 0 Å². The molecule has 1 aromatic carbocycles. The minimum absolute atomic E-state index is 0.118. The number of benzene rings is 1. The monoisotopic (exact) mass is 436 g/mol. The quantitative estimate of drug-likeness (QED) is 0.480. The van der Waals surface area contributed by atoms with E-state index in [4.69, 9.17) is 23.2 Å². The first-order chi connectivity index (χ1) is 13.5. The summed E-state index contributed by atoms with van der Waals surface area (Å²) in [5.74, 6) is 0.0207. The minimum Gasteiger partial charge on any atom is -0.302 e. The van der Waals surface area contributed by atoms with E-state index in [1.807, 2.05) is 6.07 Å². The van der Waals surface area contributed by atoms with Crippen LogP contribution in [0.5, 0.6) is 0 Å². The molecule has 3 rings (SSSR count). The largest absolute Gasteiger partial charge is 0.302 e. The molecule has 0 fully saturated rings. The molecule has 6 nitrogen and oxygen atoms in total. The number of anilines is 1. The number of para-hydroxylation sites is 1. The van der Waals surface area contributed by atoms with Gasteiger partial charge < -0.3 is 10.1 Å². The maximum absolute atomic E-state index is 12.0. The van der Waals surface area contributed by atoms with Gasteiger partial charge in [-0.3, -0.25) is 4.79 Å². The van der Waals surface area contributed by atoms with E-state index in [1.165, 1.54) is 11.3 Å². The number of ketones is 1. The molecule has 1 amide bonds. The zero-order valence-electron chi connectivity index (χ0n) is 15.1. The SMILES string of the molecule is CC(=O)CCCCC(=O)Nc1ncc(-c2ccnn2-c2c(Cl)cccc2Cl)s1. The predicted octanol–water partition coefficient (Wildman–Crippen LogP) is 5.39. The molecule has 0 spiro atoms. The highest BCUT2D eigenvalue weighted by molar-refractivity contribution is 7.19. The van der Waals surface area contributed by atoms with Crippen molar-refractivity contribution in [1.82, 2.24) is 14.8 Å². The first-order valence-electron chi connectivity index (χ1n) is 8.69. The topological polar surface area (TPSA) is 76.9 Å². The second kappa shape index (κ2) is 9.32. The van der Waals surface area contributed by atoms with Gasteiger partial charge in [-0.05, 0) is 38.0 Å². The van der Waals surface area contributed by atoms with Crippen molar-refractivity contribution in [1.29, 1.82) is 0 Å². The molecule has 9 heteroatoms. The van der Waals surface area contributed by atoms with E-state index in [0.717, 1.165) is 10.6 Å². The van der Waals surface area contributed by atoms with Crippen LogP contribution in [0.15, 0.2) is 36.7 Å². The molecular weight excluding hydrogens is 419 g/mol. The molecule has 0 aliphatic heterocycles. The molecule has 28 heavy (non-hydrogen) atoms. The average Bonchev–Trinajstić information content (AvgIpc) is 3.28. The number of halogens is 2. The molecule has 3 aromatic rings. The summed E-state index contributed by atoms with van der Waals surface area (Å²) in [4.78, 5) is 28.1. The Morgan fingerprint density at radius 2 is 1.86 bits per heavy atom. The Morgan fingerprint density at radius 1 is 1.14 bits per heavy atom. The number of nitrogens with one attached hydrogen (secondary N) is 1. The summed E-state index contributed by atoms with van der Waals surface area (Å²) in [6.45, 7) is 1.55. The molecular formula is C19H18Cl2N4O2S. The highest BCUT2D eigenvalue weighted by Gasteiger charge is 2.16. The van der Waals surface area contributed by atoms with E-state index in [-0.39, 0.29) is 11.7 Å². The van der Waals surface area contributed by atoms with Crippen LogP contribution in [0.4, 0.5) is 5.13 Å². The summed E-state index contributed by atoms with van der Waals surface area (Å²) in [6, 6.07) is 7.10. The lowest BCUT2D eigenvalue weighted by atomic mass is 10.1. The number of nitrogens with zero attached hydrogens (tertiary/aromatic N) is 3. The molecule has 0 aliphatic rings. The molecule has 0 atom stereocenters.